The number of nitrogens with zero attached hydrogens (tertiary/aromatic N) is 1. The van der Waals surface area contributed by atoms with Gasteiger partial charge in [0.1, 0.15) is 0 Å². The highest BCUT2D eigenvalue weighted by atomic mass is 15.3. The Hall–Kier alpha value is -0.300. The topological polar surface area (TPSA) is 0 Å². The second-order valence-corrected chi connectivity index (χ2v) is 6.19. The van der Waals surface area contributed by atoms with Crippen LogP contribution >= 0.6 is 0 Å². The number of allylic oxidation sites excluding steroid dienone is 2. The molecule has 0 saturated carbocycles. The Labute approximate surface area is 89.4 Å². The first kappa shape index (κ1) is 11.8. The summed E-state index contributed by atoms with van der Waals surface area (Å²) in [7, 11) is 6.89. The zero-order valence-electron chi connectivity index (χ0n) is 10.7. The molecular formula is C13H26N+. The van der Waals surface area contributed by atoms with Crippen molar-refractivity contribution in [1.82, 2.24) is 0 Å². The third kappa shape index (κ3) is 3.13. The molecule has 0 heterocycles. The molecule has 0 amide bonds. The van der Waals surface area contributed by atoms with Gasteiger partial charge in [0.25, 0.3) is 0 Å². The molecule has 0 saturated heterocycles. The molecule has 1 heteroatoms. The van der Waals surface area contributed by atoms with Gasteiger partial charge in [-0.3, -0.25) is 0 Å². The largest absolute Gasteiger partial charge is 0.331 e. The van der Waals surface area contributed by atoms with Crippen molar-refractivity contribution in [2.24, 2.45) is 17.8 Å². The zero-order valence-corrected chi connectivity index (χ0v) is 10.7. The maximum atomic E-state index is 2.47. The molecule has 1 nitrogen and oxygen atoms in total. The molecule has 3 unspecified atom stereocenters. The van der Waals surface area contributed by atoms with Crippen LogP contribution in [-0.4, -0.2) is 32.2 Å². The first-order chi connectivity index (χ1) is 6.29. The lowest BCUT2D eigenvalue weighted by atomic mass is 9.74. The molecule has 0 fully saturated rings. The summed E-state index contributed by atoms with van der Waals surface area (Å²) in [6.07, 6.45) is 3.77. The third-order valence-electron chi connectivity index (χ3n) is 3.36. The van der Waals surface area contributed by atoms with Crippen LogP contribution in [0.4, 0.5) is 0 Å². The lowest BCUT2D eigenvalue weighted by Gasteiger charge is -2.37. The maximum absolute atomic E-state index is 2.47. The highest BCUT2D eigenvalue weighted by molar-refractivity contribution is 5.08. The van der Waals surface area contributed by atoms with Crippen molar-refractivity contribution in [3.63, 3.8) is 0 Å². The fourth-order valence-corrected chi connectivity index (χ4v) is 2.80. The van der Waals surface area contributed by atoms with Crippen LogP contribution in [0.15, 0.2) is 11.6 Å². The summed E-state index contributed by atoms with van der Waals surface area (Å²) in [5.41, 5.74) is 1.59. The van der Waals surface area contributed by atoms with Crippen LogP contribution in [0.1, 0.15) is 27.2 Å². The van der Waals surface area contributed by atoms with Crippen molar-refractivity contribution in [3.05, 3.63) is 11.6 Å². The lowest BCUT2D eigenvalue weighted by Crippen LogP contribution is -2.43. The predicted molar refractivity (Wildman–Crippen MR) is 63.1 cm³/mol. The van der Waals surface area contributed by atoms with Crippen molar-refractivity contribution < 1.29 is 4.48 Å². The lowest BCUT2D eigenvalue weighted by molar-refractivity contribution is -0.874. The molecule has 14 heavy (non-hydrogen) atoms. The fourth-order valence-electron chi connectivity index (χ4n) is 2.80. The first-order valence-corrected chi connectivity index (χ1v) is 5.77. The van der Waals surface area contributed by atoms with Gasteiger partial charge < -0.3 is 4.48 Å². The highest BCUT2D eigenvalue weighted by Crippen LogP contribution is 2.34. The van der Waals surface area contributed by atoms with Gasteiger partial charge in [-0.25, -0.2) is 0 Å². The summed E-state index contributed by atoms with van der Waals surface area (Å²) in [6.45, 7) is 8.36. The van der Waals surface area contributed by atoms with Gasteiger partial charge >= 0.3 is 0 Å². The van der Waals surface area contributed by atoms with Crippen LogP contribution in [-0.2, 0) is 0 Å². The Morgan fingerprint density at radius 3 is 2.29 bits per heavy atom. The summed E-state index contributed by atoms with van der Waals surface area (Å²) in [5.74, 6) is 2.47. The van der Waals surface area contributed by atoms with Gasteiger partial charge in [0.15, 0.2) is 0 Å². The molecule has 0 aromatic carbocycles. The minimum Gasteiger partial charge on any atom is -0.331 e. The second-order valence-electron chi connectivity index (χ2n) is 6.19. The summed E-state index contributed by atoms with van der Waals surface area (Å²) in [4.78, 5) is 0. The SMILES string of the molecule is CC1=CC(C)C(C[N+](C)(C)C)C(C)C1. The van der Waals surface area contributed by atoms with Crippen LogP contribution in [0, 0.1) is 17.8 Å². The smallest absolute Gasteiger partial charge is 0.0817 e. The molecule has 1 rings (SSSR count). The van der Waals surface area contributed by atoms with Crippen molar-refractivity contribution in [1.29, 1.82) is 0 Å². The van der Waals surface area contributed by atoms with Crippen LogP contribution in [0.25, 0.3) is 0 Å². The molecule has 0 radical (unpaired) electrons. The average Bonchev–Trinajstić information content (AvgIpc) is 1.95. The standard InChI is InChI=1S/C13H26N/c1-10-7-11(2)13(12(3)8-10)9-14(4,5)6/h7,11-13H,8-9H2,1-6H3/q+1. The van der Waals surface area contributed by atoms with E-state index in [9.17, 15) is 0 Å². The normalized spacial score (nSPS) is 34.1. The van der Waals surface area contributed by atoms with Crippen molar-refractivity contribution in [2.45, 2.75) is 27.2 Å². The average molecular weight is 196 g/mol. The van der Waals surface area contributed by atoms with Gasteiger partial charge in [-0.1, -0.05) is 25.5 Å². The van der Waals surface area contributed by atoms with E-state index in [2.05, 4.69) is 48.0 Å². The first-order valence-electron chi connectivity index (χ1n) is 5.77. The molecule has 0 aromatic rings. The summed E-state index contributed by atoms with van der Waals surface area (Å²) in [6, 6.07) is 0. The Balaban J connectivity index is 2.69. The monoisotopic (exact) mass is 196 g/mol. The molecule has 0 aliphatic heterocycles. The van der Waals surface area contributed by atoms with E-state index in [-0.39, 0.29) is 0 Å². The number of quaternary nitrogens is 1. The van der Waals surface area contributed by atoms with Crippen LogP contribution in [0.5, 0.6) is 0 Å². The van der Waals surface area contributed by atoms with Gasteiger partial charge in [0.2, 0.25) is 0 Å². The second kappa shape index (κ2) is 4.06. The Morgan fingerprint density at radius 1 is 1.29 bits per heavy atom. The van der Waals surface area contributed by atoms with Crippen molar-refractivity contribution in [3.8, 4) is 0 Å². The fraction of sp³-hybridized carbons (Fsp3) is 0.846. The van der Waals surface area contributed by atoms with Crippen LogP contribution in [0.2, 0.25) is 0 Å². The minimum absolute atomic E-state index is 0.760. The molecular weight excluding hydrogens is 170 g/mol. The number of hydrogen-bond acceptors (Lipinski definition) is 0. The Bertz CT molecular complexity index is 222. The Kier molecular flexibility index (Phi) is 3.41. The molecule has 1 aliphatic rings. The summed E-state index contributed by atoms with van der Waals surface area (Å²) in [5, 5.41) is 0. The highest BCUT2D eigenvalue weighted by Gasteiger charge is 2.30. The van der Waals surface area contributed by atoms with Gasteiger partial charge in [0, 0.05) is 5.92 Å². The number of rotatable bonds is 2. The van der Waals surface area contributed by atoms with E-state index in [0.29, 0.717) is 0 Å². The summed E-state index contributed by atoms with van der Waals surface area (Å²) >= 11 is 0. The van der Waals surface area contributed by atoms with E-state index in [1.807, 2.05) is 0 Å². The van der Waals surface area contributed by atoms with Crippen molar-refractivity contribution >= 4 is 0 Å². The number of hydrogen-bond donors (Lipinski definition) is 0. The van der Waals surface area contributed by atoms with E-state index in [1.54, 1.807) is 5.57 Å². The van der Waals surface area contributed by atoms with E-state index in [1.165, 1.54) is 13.0 Å². The van der Waals surface area contributed by atoms with E-state index >= 15 is 0 Å². The van der Waals surface area contributed by atoms with Gasteiger partial charge in [0.05, 0.1) is 27.7 Å². The predicted octanol–water partition coefficient (Wildman–Crippen LogP) is 2.93. The molecule has 0 N–H and O–H groups in total. The van der Waals surface area contributed by atoms with E-state index in [4.69, 9.17) is 0 Å². The molecule has 1 aliphatic carbocycles. The maximum Gasteiger partial charge on any atom is 0.0817 e. The molecule has 0 aromatic heterocycles. The van der Waals surface area contributed by atoms with Gasteiger partial charge in [-0.05, 0) is 25.2 Å². The summed E-state index contributed by atoms with van der Waals surface area (Å²) < 4.78 is 1.09. The van der Waals surface area contributed by atoms with E-state index < -0.39 is 0 Å². The van der Waals surface area contributed by atoms with Gasteiger partial charge in [-0.15, -0.1) is 0 Å². The molecule has 3 atom stereocenters. The molecule has 0 bridgehead atoms. The van der Waals surface area contributed by atoms with Crippen molar-refractivity contribution in [2.75, 3.05) is 27.7 Å². The van der Waals surface area contributed by atoms with Gasteiger partial charge in [-0.2, -0.15) is 0 Å². The quantitative estimate of drug-likeness (QED) is 0.470. The van der Waals surface area contributed by atoms with Crippen LogP contribution in [0.3, 0.4) is 0 Å². The Morgan fingerprint density at radius 2 is 1.86 bits per heavy atom. The zero-order chi connectivity index (χ0) is 10.9. The van der Waals surface area contributed by atoms with Crippen LogP contribution < -0.4 is 0 Å². The van der Waals surface area contributed by atoms with E-state index in [0.717, 1.165) is 22.2 Å². The molecule has 0 spiro atoms. The third-order valence-corrected chi connectivity index (χ3v) is 3.36. The minimum atomic E-state index is 0.760. The molecule has 82 valence electrons.